The Labute approximate surface area is 144 Å². The van der Waals surface area contributed by atoms with E-state index in [1.165, 1.54) is 11.1 Å². The molecule has 1 amide bonds. The van der Waals surface area contributed by atoms with Crippen LogP contribution in [-0.4, -0.2) is 16.0 Å². The predicted molar refractivity (Wildman–Crippen MR) is 100.0 cm³/mol. The fourth-order valence-corrected chi connectivity index (χ4v) is 3.46. The van der Waals surface area contributed by atoms with E-state index in [9.17, 15) is 9.90 Å². The minimum absolute atomic E-state index is 0.142. The first-order chi connectivity index (χ1) is 12.1. The van der Waals surface area contributed by atoms with Crippen LogP contribution >= 0.6 is 0 Å². The first-order valence-corrected chi connectivity index (χ1v) is 8.16. The third-order valence-corrected chi connectivity index (χ3v) is 4.75. The number of H-pyrrole nitrogens is 1. The number of hydrogen-bond donors (Lipinski definition) is 3. The second kappa shape index (κ2) is 5.67. The minimum Gasteiger partial charge on any atom is -0.507 e. The molecule has 3 aromatic carbocycles. The van der Waals surface area contributed by atoms with Crippen molar-refractivity contribution < 1.29 is 9.90 Å². The number of carbonyl (C=O) groups is 1. The van der Waals surface area contributed by atoms with Crippen molar-refractivity contribution in [3.63, 3.8) is 0 Å². The van der Waals surface area contributed by atoms with Gasteiger partial charge in [-0.1, -0.05) is 36.4 Å². The first kappa shape index (κ1) is 15.3. The normalized spacial score (nSPS) is 11.2. The second-order valence-electron chi connectivity index (χ2n) is 6.31. The Morgan fingerprint density at radius 1 is 1.00 bits per heavy atom. The summed E-state index contributed by atoms with van der Waals surface area (Å²) >= 11 is 0. The number of aromatic nitrogens is 1. The Bertz CT molecular complexity index is 1130. The lowest BCUT2D eigenvalue weighted by Crippen LogP contribution is -2.10. The van der Waals surface area contributed by atoms with E-state index in [4.69, 9.17) is 5.73 Å². The van der Waals surface area contributed by atoms with Crippen LogP contribution in [0.4, 0.5) is 0 Å². The summed E-state index contributed by atoms with van der Waals surface area (Å²) in [5, 5.41) is 11.8. The highest BCUT2D eigenvalue weighted by atomic mass is 16.3. The van der Waals surface area contributed by atoms with Gasteiger partial charge in [0.15, 0.2) is 0 Å². The third kappa shape index (κ3) is 2.43. The molecular weight excluding hydrogens is 312 g/mol. The molecule has 0 aliphatic carbocycles. The topological polar surface area (TPSA) is 79.1 Å². The maximum Gasteiger partial charge on any atom is 0.249 e. The van der Waals surface area contributed by atoms with Crippen LogP contribution in [0.3, 0.4) is 0 Å². The molecule has 1 heterocycles. The van der Waals surface area contributed by atoms with Gasteiger partial charge in [-0.05, 0) is 48.2 Å². The van der Waals surface area contributed by atoms with Gasteiger partial charge in [0.25, 0.3) is 0 Å². The summed E-state index contributed by atoms with van der Waals surface area (Å²) in [6.45, 7) is 2.09. The van der Waals surface area contributed by atoms with E-state index >= 15 is 0 Å². The van der Waals surface area contributed by atoms with Gasteiger partial charge in [0.1, 0.15) is 5.75 Å². The number of aromatic amines is 1. The number of carbonyl (C=O) groups excluding carboxylic acids is 1. The number of nitrogens with two attached hydrogens (primary N) is 1. The van der Waals surface area contributed by atoms with Crippen molar-refractivity contribution in [3.8, 4) is 5.75 Å². The van der Waals surface area contributed by atoms with Gasteiger partial charge in [-0.2, -0.15) is 0 Å². The van der Waals surface area contributed by atoms with Crippen LogP contribution in [0.2, 0.25) is 0 Å². The SMILES string of the molecule is Cc1ccccc1Cc1ccc(O)c2c1[nH]c1cccc(C(N)=O)c12. The summed E-state index contributed by atoms with van der Waals surface area (Å²) in [7, 11) is 0. The minimum atomic E-state index is -0.504. The first-order valence-electron chi connectivity index (χ1n) is 8.16. The Kier molecular flexibility index (Phi) is 3.46. The van der Waals surface area contributed by atoms with Crippen molar-refractivity contribution in [1.29, 1.82) is 0 Å². The molecule has 0 unspecified atom stereocenters. The van der Waals surface area contributed by atoms with E-state index in [0.29, 0.717) is 16.3 Å². The summed E-state index contributed by atoms with van der Waals surface area (Å²) in [4.78, 5) is 15.2. The zero-order valence-electron chi connectivity index (χ0n) is 13.8. The standard InChI is InChI=1S/C21H18N2O2/c1-12-5-2-3-6-13(12)11-14-9-10-17(24)19-18-15(21(22)25)7-4-8-16(18)23-20(14)19/h2-10,23-24H,11H2,1H3,(H2,22,25). The molecule has 0 radical (unpaired) electrons. The molecule has 1 aromatic heterocycles. The summed E-state index contributed by atoms with van der Waals surface area (Å²) < 4.78 is 0. The average molecular weight is 330 g/mol. The number of nitrogens with one attached hydrogen (secondary N) is 1. The molecule has 4 nitrogen and oxygen atoms in total. The van der Waals surface area contributed by atoms with Crippen LogP contribution in [0.15, 0.2) is 54.6 Å². The van der Waals surface area contributed by atoms with E-state index in [1.54, 1.807) is 18.2 Å². The van der Waals surface area contributed by atoms with Crippen molar-refractivity contribution in [2.24, 2.45) is 5.73 Å². The van der Waals surface area contributed by atoms with E-state index < -0.39 is 5.91 Å². The number of phenolic OH excluding ortho intramolecular Hbond substituents is 1. The van der Waals surface area contributed by atoms with Crippen molar-refractivity contribution in [2.75, 3.05) is 0 Å². The molecular formula is C21H18N2O2. The molecule has 0 bridgehead atoms. The van der Waals surface area contributed by atoms with E-state index in [2.05, 4.69) is 24.0 Å². The van der Waals surface area contributed by atoms with Crippen molar-refractivity contribution >= 4 is 27.7 Å². The van der Waals surface area contributed by atoms with Crippen LogP contribution in [0, 0.1) is 6.92 Å². The number of benzene rings is 3. The zero-order valence-corrected chi connectivity index (χ0v) is 13.8. The Morgan fingerprint density at radius 3 is 2.56 bits per heavy atom. The summed E-state index contributed by atoms with van der Waals surface area (Å²) in [6, 6.07) is 17.2. The molecule has 0 atom stereocenters. The zero-order chi connectivity index (χ0) is 17.6. The maximum absolute atomic E-state index is 11.8. The largest absolute Gasteiger partial charge is 0.507 e. The molecule has 4 N–H and O–H groups in total. The highest BCUT2D eigenvalue weighted by Gasteiger charge is 2.17. The molecule has 124 valence electrons. The predicted octanol–water partition coefficient (Wildman–Crippen LogP) is 4.02. The van der Waals surface area contributed by atoms with Gasteiger partial charge < -0.3 is 15.8 Å². The van der Waals surface area contributed by atoms with Crippen LogP contribution in [-0.2, 0) is 6.42 Å². The van der Waals surface area contributed by atoms with Crippen LogP contribution < -0.4 is 5.73 Å². The average Bonchev–Trinajstić information content (AvgIpc) is 2.99. The lowest BCUT2D eigenvalue weighted by Gasteiger charge is -2.08. The molecule has 0 aliphatic heterocycles. The molecule has 0 saturated heterocycles. The number of primary amides is 1. The lowest BCUT2D eigenvalue weighted by molar-refractivity contribution is 0.100. The number of hydrogen-bond acceptors (Lipinski definition) is 2. The van der Waals surface area contributed by atoms with Gasteiger partial charge in [-0.25, -0.2) is 0 Å². The van der Waals surface area contributed by atoms with Crippen LogP contribution in [0.1, 0.15) is 27.0 Å². The number of aryl methyl sites for hydroxylation is 1. The van der Waals surface area contributed by atoms with Gasteiger partial charge in [-0.3, -0.25) is 4.79 Å². The third-order valence-electron chi connectivity index (χ3n) is 4.75. The second-order valence-corrected chi connectivity index (χ2v) is 6.31. The molecule has 4 heteroatoms. The summed E-state index contributed by atoms with van der Waals surface area (Å²) in [6.07, 6.45) is 0.738. The molecule has 4 aromatic rings. The molecule has 0 aliphatic rings. The van der Waals surface area contributed by atoms with Crippen molar-refractivity contribution in [3.05, 3.63) is 76.9 Å². The summed E-state index contributed by atoms with van der Waals surface area (Å²) in [5.41, 5.74) is 11.1. The van der Waals surface area contributed by atoms with Gasteiger partial charge in [-0.15, -0.1) is 0 Å². The number of aromatic hydroxyl groups is 1. The quantitative estimate of drug-likeness (QED) is 0.530. The number of rotatable bonds is 3. The van der Waals surface area contributed by atoms with Crippen molar-refractivity contribution in [1.82, 2.24) is 4.98 Å². The molecule has 25 heavy (non-hydrogen) atoms. The molecule has 0 spiro atoms. The fraction of sp³-hybridized carbons (Fsp3) is 0.0952. The van der Waals surface area contributed by atoms with E-state index in [0.717, 1.165) is 23.0 Å². The van der Waals surface area contributed by atoms with E-state index in [-0.39, 0.29) is 5.75 Å². The number of phenols is 1. The van der Waals surface area contributed by atoms with E-state index in [1.807, 2.05) is 24.3 Å². The van der Waals surface area contributed by atoms with Gasteiger partial charge in [0, 0.05) is 16.5 Å². The Balaban J connectivity index is 2.01. The highest BCUT2D eigenvalue weighted by molar-refractivity contribution is 6.19. The fourth-order valence-electron chi connectivity index (χ4n) is 3.46. The van der Waals surface area contributed by atoms with Crippen LogP contribution in [0.25, 0.3) is 21.8 Å². The Morgan fingerprint density at radius 2 is 1.80 bits per heavy atom. The van der Waals surface area contributed by atoms with Crippen LogP contribution in [0.5, 0.6) is 5.75 Å². The van der Waals surface area contributed by atoms with Crippen molar-refractivity contribution in [2.45, 2.75) is 13.3 Å². The smallest absolute Gasteiger partial charge is 0.249 e. The number of fused-ring (bicyclic) bond motifs is 3. The number of amides is 1. The molecule has 4 rings (SSSR count). The monoisotopic (exact) mass is 330 g/mol. The highest BCUT2D eigenvalue weighted by Crippen LogP contribution is 2.37. The summed E-state index contributed by atoms with van der Waals surface area (Å²) in [5.74, 6) is -0.362. The lowest BCUT2D eigenvalue weighted by atomic mass is 9.97. The maximum atomic E-state index is 11.8. The van der Waals surface area contributed by atoms with Gasteiger partial charge in [0.05, 0.1) is 10.9 Å². The molecule has 0 saturated carbocycles. The molecule has 0 fully saturated rings. The Hall–Kier alpha value is -3.27. The van der Waals surface area contributed by atoms with Gasteiger partial charge in [0.2, 0.25) is 5.91 Å². The van der Waals surface area contributed by atoms with Gasteiger partial charge >= 0.3 is 0 Å².